The molecule has 0 saturated carbocycles. The third-order valence-electron chi connectivity index (χ3n) is 9.88. The molecule has 6 nitrogen and oxygen atoms in total. The van der Waals surface area contributed by atoms with E-state index in [-0.39, 0.29) is 18.5 Å². The number of carbonyl (C=O) groups excluding carboxylic acids is 2. The van der Waals surface area contributed by atoms with Crippen LogP contribution in [-0.2, 0) is 14.3 Å². The van der Waals surface area contributed by atoms with E-state index in [1.807, 2.05) is 6.08 Å². The molecule has 2 unspecified atom stereocenters. The summed E-state index contributed by atoms with van der Waals surface area (Å²) in [6.45, 7) is 4.76. The molecule has 3 N–H and O–H groups in total. The number of amides is 1. The number of carbonyl (C=O) groups is 2. The number of aliphatic hydroxyl groups is 2. The van der Waals surface area contributed by atoms with E-state index in [2.05, 4.69) is 43.5 Å². The van der Waals surface area contributed by atoms with E-state index in [0.717, 1.165) is 77.0 Å². The highest BCUT2D eigenvalue weighted by molar-refractivity contribution is 5.76. The highest BCUT2D eigenvalue weighted by atomic mass is 16.5. The molecule has 304 valence electrons. The molecular weight excluding hydrogens is 647 g/mol. The van der Waals surface area contributed by atoms with Crippen LogP contribution in [-0.4, -0.2) is 47.4 Å². The molecule has 0 radical (unpaired) electrons. The van der Waals surface area contributed by atoms with Gasteiger partial charge in [0.25, 0.3) is 0 Å². The van der Waals surface area contributed by atoms with Crippen LogP contribution in [0.1, 0.15) is 219 Å². The van der Waals surface area contributed by atoms with Crippen molar-refractivity contribution < 1.29 is 24.5 Å². The summed E-state index contributed by atoms with van der Waals surface area (Å²) in [5.41, 5.74) is 0. The van der Waals surface area contributed by atoms with Crippen molar-refractivity contribution in [1.82, 2.24) is 5.32 Å². The molecular formula is C46H85NO5. The Hall–Kier alpha value is -1.92. The van der Waals surface area contributed by atoms with Gasteiger partial charge in [0.05, 0.1) is 25.4 Å². The number of aliphatic hydroxyl groups excluding tert-OH is 2. The van der Waals surface area contributed by atoms with Gasteiger partial charge in [-0.2, -0.15) is 0 Å². The lowest BCUT2D eigenvalue weighted by Gasteiger charge is -2.20. The maximum atomic E-state index is 12.3. The first-order valence-electron chi connectivity index (χ1n) is 22.3. The second-order valence-electron chi connectivity index (χ2n) is 15.0. The largest absolute Gasteiger partial charge is 0.466 e. The van der Waals surface area contributed by atoms with Gasteiger partial charge in [0.1, 0.15) is 0 Å². The van der Waals surface area contributed by atoms with Crippen LogP contribution in [0.3, 0.4) is 0 Å². The van der Waals surface area contributed by atoms with Crippen LogP contribution in [0.15, 0.2) is 36.5 Å². The lowest BCUT2D eigenvalue weighted by molar-refractivity contribution is -0.143. The number of nitrogens with one attached hydrogen (secondary N) is 1. The van der Waals surface area contributed by atoms with Crippen molar-refractivity contribution in [2.45, 2.75) is 231 Å². The summed E-state index contributed by atoms with van der Waals surface area (Å²) in [6, 6.07) is -0.652. The molecule has 0 fully saturated rings. The normalized spacial score (nSPS) is 13.1. The summed E-state index contributed by atoms with van der Waals surface area (Å²) in [7, 11) is 0. The molecule has 6 heteroatoms. The molecule has 0 aromatic heterocycles. The Morgan fingerprint density at radius 1 is 0.519 bits per heavy atom. The van der Waals surface area contributed by atoms with Crippen LogP contribution in [0, 0.1) is 0 Å². The zero-order valence-electron chi connectivity index (χ0n) is 34.3. The summed E-state index contributed by atoms with van der Waals surface area (Å²) in [4.78, 5) is 24.3. The summed E-state index contributed by atoms with van der Waals surface area (Å²) in [5, 5.41) is 22.9. The van der Waals surface area contributed by atoms with Gasteiger partial charge in [0.15, 0.2) is 0 Å². The standard InChI is InChI=1S/C46H85NO5/c1-3-5-7-9-11-13-15-16-17-19-24-28-32-36-40-46(51)52-41-37-33-29-25-21-20-23-27-31-35-39-45(50)47-43(42-48)44(49)38-34-30-26-22-18-14-12-10-8-6-4-2/h15-16,21,25,34,38,43-44,48-49H,3-14,17-20,22-24,26-33,35-37,39-42H2,1-2H3,(H,47,50)/b16-15-,25-21-,38-34+. The highest BCUT2D eigenvalue weighted by Crippen LogP contribution is 2.13. The summed E-state index contributed by atoms with van der Waals surface area (Å²) < 4.78 is 5.41. The van der Waals surface area contributed by atoms with Gasteiger partial charge in [-0.05, 0) is 83.5 Å². The van der Waals surface area contributed by atoms with Gasteiger partial charge in [-0.3, -0.25) is 9.59 Å². The molecule has 0 aromatic carbocycles. The Bertz CT molecular complexity index is 854. The average molecular weight is 732 g/mol. The first kappa shape index (κ1) is 50.1. The van der Waals surface area contributed by atoms with E-state index < -0.39 is 12.1 Å². The third kappa shape index (κ3) is 37.8. The van der Waals surface area contributed by atoms with Crippen LogP contribution in [0.2, 0.25) is 0 Å². The quantitative estimate of drug-likeness (QED) is 0.0331. The number of unbranched alkanes of at least 4 members (excludes halogenated alkanes) is 25. The minimum Gasteiger partial charge on any atom is -0.466 e. The second kappa shape index (κ2) is 41.8. The van der Waals surface area contributed by atoms with Gasteiger partial charge in [0.2, 0.25) is 5.91 Å². The minimum absolute atomic E-state index is 0.0485. The third-order valence-corrected chi connectivity index (χ3v) is 9.88. The zero-order chi connectivity index (χ0) is 38.0. The number of ether oxygens (including phenoxy) is 1. The molecule has 0 aliphatic carbocycles. The van der Waals surface area contributed by atoms with Crippen LogP contribution < -0.4 is 5.32 Å². The number of esters is 1. The number of hydrogen-bond acceptors (Lipinski definition) is 5. The van der Waals surface area contributed by atoms with Crippen molar-refractivity contribution in [3.05, 3.63) is 36.5 Å². The molecule has 1 amide bonds. The van der Waals surface area contributed by atoms with Crippen molar-refractivity contribution in [2.75, 3.05) is 13.2 Å². The number of allylic oxidation sites excluding steroid dienone is 5. The molecule has 0 saturated heterocycles. The molecule has 0 aliphatic heterocycles. The molecule has 0 spiro atoms. The predicted molar refractivity (Wildman–Crippen MR) is 222 cm³/mol. The monoisotopic (exact) mass is 732 g/mol. The topological polar surface area (TPSA) is 95.9 Å². The van der Waals surface area contributed by atoms with Gasteiger partial charge in [-0.1, -0.05) is 159 Å². The minimum atomic E-state index is -0.864. The number of rotatable bonds is 40. The first-order valence-corrected chi connectivity index (χ1v) is 22.3. The van der Waals surface area contributed by atoms with E-state index in [0.29, 0.717) is 19.4 Å². The Labute approximate surface area is 322 Å². The summed E-state index contributed by atoms with van der Waals surface area (Å²) in [5.74, 6) is -0.156. The van der Waals surface area contributed by atoms with Crippen LogP contribution in [0.4, 0.5) is 0 Å². The molecule has 0 aliphatic rings. The Kier molecular flexibility index (Phi) is 40.3. The smallest absolute Gasteiger partial charge is 0.305 e. The van der Waals surface area contributed by atoms with E-state index in [4.69, 9.17) is 4.74 Å². The van der Waals surface area contributed by atoms with Gasteiger partial charge < -0.3 is 20.3 Å². The van der Waals surface area contributed by atoms with Crippen LogP contribution in [0.25, 0.3) is 0 Å². The average Bonchev–Trinajstić information content (AvgIpc) is 3.14. The SMILES string of the molecule is CCCCCCC/C=C\CCCCCCCC(=O)OCCCC/C=C\CCCCCCC(=O)NC(CO)C(O)/C=C/CCCCCCCCCCC. The Morgan fingerprint density at radius 3 is 1.37 bits per heavy atom. The maximum absolute atomic E-state index is 12.3. The van der Waals surface area contributed by atoms with E-state index in [1.54, 1.807) is 6.08 Å². The predicted octanol–water partition coefficient (Wildman–Crippen LogP) is 12.6. The van der Waals surface area contributed by atoms with Crippen molar-refractivity contribution >= 4 is 11.9 Å². The fraction of sp³-hybridized carbons (Fsp3) is 0.826. The van der Waals surface area contributed by atoms with E-state index in [9.17, 15) is 19.8 Å². The lowest BCUT2D eigenvalue weighted by Crippen LogP contribution is -2.45. The van der Waals surface area contributed by atoms with Crippen LogP contribution >= 0.6 is 0 Å². The van der Waals surface area contributed by atoms with Crippen molar-refractivity contribution in [3.8, 4) is 0 Å². The fourth-order valence-electron chi connectivity index (χ4n) is 6.38. The molecule has 0 heterocycles. The summed E-state index contributed by atoms with van der Waals surface area (Å²) in [6.07, 6.45) is 48.4. The molecule has 0 bridgehead atoms. The van der Waals surface area contributed by atoms with Crippen molar-refractivity contribution in [1.29, 1.82) is 0 Å². The maximum Gasteiger partial charge on any atom is 0.305 e. The van der Waals surface area contributed by atoms with Gasteiger partial charge in [-0.15, -0.1) is 0 Å². The van der Waals surface area contributed by atoms with E-state index >= 15 is 0 Å². The van der Waals surface area contributed by atoms with Gasteiger partial charge in [-0.25, -0.2) is 0 Å². The number of hydrogen-bond donors (Lipinski definition) is 3. The molecule has 52 heavy (non-hydrogen) atoms. The summed E-state index contributed by atoms with van der Waals surface area (Å²) >= 11 is 0. The Balaban J connectivity index is 3.59. The zero-order valence-corrected chi connectivity index (χ0v) is 34.3. The van der Waals surface area contributed by atoms with E-state index in [1.165, 1.54) is 116 Å². The molecule has 0 aromatic rings. The fourth-order valence-corrected chi connectivity index (χ4v) is 6.38. The van der Waals surface area contributed by atoms with Crippen molar-refractivity contribution in [2.24, 2.45) is 0 Å². The molecule has 0 rings (SSSR count). The second-order valence-corrected chi connectivity index (χ2v) is 15.0. The van der Waals surface area contributed by atoms with Crippen LogP contribution in [0.5, 0.6) is 0 Å². The first-order chi connectivity index (χ1) is 25.5. The molecule has 2 atom stereocenters. The van der Waals surface area contributed by atoms with Crippen molar-refractivity contribution in [3.63, 3.8) is 0 Å². The van der Waals surface area contributed by atoms with Gasteiger partial charge in [0, 0.05) is 12.8 Å². The van der Waals surface area contributed by atoms with Gasteiger partial charge >= 0.3 is 5.97 Å². The Morgan fingerprint density at radius 2 is 0.904 bits per heavy atom. The highest BCUT2D eigenvalue weighted by Gasteiger charge is 2.18. The lowest BCUT2D eigenvalue weighted by atomic mass is 10.1.